The molecule has 0 fully saturated rings. The van der Waals surface area contributed by atoms with E-state index in [0.29, 0.717) is 23.5 Å². The molecule has 0 saturated heterocycles. The van der Waals surface area contributed by atoms with Crippen molar-refractivity contribution in [2.45, 2.75) is 52.9 Å². The largest absolute Gasteiger partial charge is 0.576 e. The van der Waals surface area contributed by atoms with Gasteiger partial charge >= 0.3 is 123 Å². The fourth-order valence-electron chi connectivity index (χ4n) is 3.24. The molecule has 0 aromatic carbocycles. The Hall–Kier alpha value is -2.68. The number of nitrogens with zero attached hydrogens (tertiary/aromatic N) is 8. The van der Waals surface area contributed by atoms with E-state index in [0.717, 1.165) is 12.7 Å². The maximum absolute atomic E-state index is 12.2. The van der Waals surface area contributed by atoms with Crippen LogP contribution in [0.5, 0.6) is 0 Å². The third kappa shape index (κ3) is 4.83. The molecule has 0 aliphatic carbocycles. The number of hydrogen-bond donors (Lipinski definition) is 0. The number of alkyl halides is 3. The van der Waals surface area contributed by atoms with Gasteiger partial charge in [-0.25, -0.2) is 0 Å². The molecule has 182 valence electrons. The van der Waals surface area contributed by atoms with Crippen molar-refractivity contribution in [2.75, 3.05) is 6.67 Å². The van der Waals surface area contributed by atoms with Crippen LogP contribution in [0.3, 0.4) is 0 Å². The van der Waals surface area contributed by atoms with E-state index >= 15 is 0 Å². The summed E-state index contributed by atoms with van der Waals surface area (Å²) in [6, 6.07) is 3.50. The summed E-state index contributed by atoms with van der Waals surface area (Å²) in [5.74, 6) is 0. The molecule has 8 nitrogen and oxygen atoms in total. The van der Waals surface area contributed by atoms with E-state index in [4.69, 9.17) is 0 Å². The molecule has 0 bridgehead atoms. The molecule has 3 aliphatic rings. The van der Waals surface area contributed by atoms with Gasteiger partial charge in [-0.2, -0.15) is 13.2 Å². The van der Waals surface area contributed by atoms with E-state index in [9.17, 15) is 13.2 Å². The van der Waals surface area contributed by atoms with Gasteiger partial charge < -0.3 is 20.4 Å². The normalized spacial score (nSPS) is 17.6. The van der Waals surface area contributed by atoms with Gasteiger partial charge in [0.2, 0.25) is 0 Å². The Kier molecular flexibility index (Phi) is 6.35. The summed E-state index contributed by atoms with van der Waals surface area (Å²) >= 11 is -0.119. The third-order valence-electron chi connectivity index (χ3n) is 4.96. The molecule has 0 spiro atoms. The molecule has 2 aromatic rings. The predicted octanol–water partition coefficient (Wildman–Crippen LogP) is 2.59. The van der Waals surface area contributed by atoms with Crippen molar-refractivity contribution < 1.29 is 30.8 Å². The van der Waals surface area contributed by atoms with Crippen LogP contribution in [0.2, 0.25) is 0 Å². The number of aromatic nitrogens is 4. The van der Waals surface area contributed by atoms with Gasteiger partial charge in [-0.15, -0.1) is 11.4 Å². The van der Waals surface area contributed by atoms with Gasteiger partial charge in [0, 0.05) is 5.69 Å². The van der Waals surface area contributed by atoms with Gasteiger partial charge in [-0.05, 0) is 13.0 Å². The molecule has 0 unspecified atom stereocenters. The van der Waals surface area contributed by atoms with E-state index in [-0.39, 0.29) is 23.3 Å². The Balaban J connectivity index is 0.000000160. The smallest absolute Gasteiger partial charge is 0.431 e. The average Bonchev–Trinajstić information content (AvgIpc) is 3.50. The zero-order valence-corrected chi connectivity index (χ0v) is 21.1. The topological polar surface area (TPSA) is 66.9 Å². The first-order valence-corrected chi connectivity index (χ1v) is 12.7. The molecule has 0 amide bonds. The maximum Gasteiger partial charge on any atom is 0.431 e. The van der Waals surface area contributed by atoms with Crippen molar-refractivity contribution in [1.29, 1.82) is 0 Å². The van der Waals surface area contributed by atoms with Crippen LogP contribution in [-0.2, 0) is 23.8 Å². The van der Waals surface area contributed by atoms with Crippen LogP contribution in [0.25, 0.3) is 11.4 Å². The van der Waals surface area contributed by atoms with Crippen molar-refractivity contribution in [2.24, 2.45) is 0 Å². The molecule has 2 aromatic heterocycles. The van der Waals surface area contributed by atoms with Crippen LogP contribution >= 0.6 is 0 Å². The van der Waals surface area contributed by atoms with E-state index in [2.05, 4.69) is 92.5 Å². The Morgan fingerprint density at radius 1 is 0.848 bits per heavy atom. The molecule has 3 aliphatic heterocycles. The molecule has 33 heavy (non-hydrogen) atoms. The summed E-state index contributed by atoms with van der Waals surface area (Å²) in [6.45, 7) is 11.7. The molecular formula is C21H25F3N8Pt-2. The van der Waals surface area contributed by atoms with Crippen molar-refractivity contribution in [3.05, 3.63) is 48.3 Å². The first kappa shape index (κ1) is 23.5. The first-order valence-electron chi connectivity index (χ1n) is 10.4. The second-order valence-corrected chi connectivity index (χ2v) is 10.8. The third-order valence-corrected chi connectivity index (χ3v) is 8.45. The van der Waals surface area contributed by atoms with Crippen molar-refractivity contribution in [3.63, 3.8) is 0 Å². The zero-order chi connectivity index (χ0) is 23.9. The predicted molar refractivity (Wildman–Crippen MR) is 115 cm³/mol. The van der Waals surface area contributed by atoms with Crippen LogP contribution in [0.15, 0.2) is 36.9 Å². The Morgan fingerprint density at radius 2 is 1.36 bits per heavy atom. The minimum absolute atomic E-state index is 0.0860. The molecule has 0 N–H and O–H groups in total. The van der Waals surface area contributed by atoms with Crippen molar-refractivity contribution >= 4 is 8.29 Å². The maximum atomic E-state index is 12.2. The molecule has 0 atom stereocenters. The fourth-order valence-corrected chi connectivity index (χ4v) is 7.11. The minimum Gasteiger partial charge on any atom is -0.576 e. The van der Waals surface area contributed by atoms with Crippen LogP contribution in [0, 0.1) is 6.92 Å². The first-order chi connectivity index (χ1) is 15.5. The number of fused-ring (bicyclic) bond motifs is 2. The minimum atomic E-state index is -4.47. The van der Waals surface area contributed by atoms with Crippen molar-refractivity contribution in [3.8, 4) is 11.4 Å². The van der Waals surface area contributed by atoms with E-state index in [1.165, 1.54) is 8.29 Å². The number of rotatable bonds is 3. The van der Waals surface area contributed by atoms with E-state index < -0.39 is 11.9 Å². The van der Waals surface area contributed by atoms with Crippen LogP contribution < -0.4 is 10.2 Å². The van der Waals surface area contributed by atoms with Crippen LogP contribution in [0.4, 0.5) is 13.2 Å². The summed E-state index contributed by atoms with van der Waals surface area (Å²) in [4.78, 5) is 9.64. The summed E-state index contributed by atoms with van der Waals surface area (Å²) < 4.78 is 39.6. The van der Waals surface area contributed by atoms with E-state index in [1.807, 2.05) is 0 Å². The number of hydrogen-bond acceptors (Lipinski definition) is 6. The zero-order valence-electron chi connectivity index (χ0n) is 18.9. The second kappa shape index (κ2) is 8.93. The summed E-state index contributed by atoms with van der Waals surface area (Å²) in [6.07, 6.45) is 4.43. The Bertz CT molecular complexity index is 1100. The standard InChI is InChI=1S/C13H20N4.C8H5F3N4.Pt/c1-12(2)16-7-5-14(10-16)9-15-6-8-17(11-15)13(3)4;1-4-2-5(13-12-4)6-3-7(15-14-6)8(9,10)11;/h5-8,12-13H,9H2,1-4H3;2-3H,1H3;/q;-2;. The molecular weight excluding hydrogens is 616 g/mol. The fraction of sp³-hybridized carbons (Fsp3) is 0.429. The SMILES string of the molecule is CC(C)N1C=CN2CN3C=CN(C(C)C)[C]3=[Pt]=[C]21.Cc1cc(-c2cc(C(F)(F)F)n[n-]2)[n-]n1. The van der Waals surface area contributed by atoms with Gasteiger partial charge in [0.05, 0.1) is 0 Å². The second-order valence-electron chi connectivity index (χ2n) is 8.22. The van der Waals surface area contributed by atoms with Gasteiger partial charge in [0.1, 0.15) is 5.69 Å². The molecule has 12 heteroatoms. The summed E-state index contributed by atoms with van der Waals surface area (Å²) in [5.41, 5.74) is -0.00173. The van der Waals surface area contributed by atoms with Crippen LogP contribution in [0.1, 0.15) is 39.1 Å². The van der Waals surface area contributed by atoms with Gasteiger partial charge in [0.15, 0.2) is 0 Å². The summed E-state index contributed by atoms with van der Waals surface area (Å²) in [5, 5.41) is 13.8. The van der Waals surface area contributed by atoms with Gasteiger partial charge in [0.25, 0.3) is 0 Å². The number of aryl methyl sites for hydroxylation is 1. The quantitative estimate of drug-likeness (QED) is 0.507. The molecule has 5 heterocycles. The van der Waals surface area contributed by atoms with Crippen LogP contribution in [-0.4, -0.2) is 56.8 Å². The average molecular weight is 642 g/mol. The number of halogens is 3. The van der Waals surface area contributed by atoms with Gasteiger partial charge in [-0.3, -0.25) is 0 Å². The van der Waals surface area contributed by atoms with Crippen molar-refractivity contribution in [1.82, 2.24) is 40.0 Å². The summed E-state index contributed by atoms with van der Waals surface area (Å²) in [7, 11) is 0. The Labute approximate surface area is 198 Å². The molecule has 0 saturated carbocycles. The molecule has 5 rings (SSSR count). The van der Waals surface area contributed by atoms with E-state index in [1.54, 1.807) is 13.0 Å². The van der Waals surface area contributed by atoms with Gasteiger partial charge in [-0.1, -0.05) is 6.07 Å². The molecule has 0 radical (unpaired) electrons. The Morgan fingerprint density at radius 3 is 1.79 bits per heavy atom. The monoisotopic (exact) mass is 641 g/mol.